The molecule has 124 valence electrons. The molecule has 1 aromatic heterocycles. The van der Waals surface area contributed by atoms with Gasteiger partial charge in [0.05, 0.1) is 25.3 Å². The average Bonchev–Trinajstić information content (AvgIpc) is 3.03. The summed E-state index contributed by atoms with van der Waals surface area (Å²) >= 11 is 0. The fourth-order valence-corrected chi connectivity index (χ4v) is 2.38. The molecule has 2 aromatic carbocycles. The van der Waals surface area contributed by atoms with Gasteiger partial charge in [-0.3, -0.25) is 0 Å². The number of nitrogens with zero attached hydrogens (tertiary/aromatic N) is 1. The van der Waals surface area contributed by atoms with Gasteiger partial charge in [-0.05, 0) is 24.3 Å². The Morgan fingerprint density at radius 1 is 1.17 bits per heavy atom. The highest BCUT2D eigenvalue weighted by molar-refractivity contribution is 5.80. The number of hydrogen-bond acceptors (Lipinski definition) is 5. The van der Waals surface area contributed by atoms with Crippen molar-refractivity contribution in [2.75, 3.05) is 20.8 Å². The Morgan fingerprint density at radius 3 is 2.42 bits per heavy atom. The normalized spacial score (nSPS) is 10.6. The second-order valence-corrected chi connectivity index (χ2v) is 4.99. The zero-order valence-corrected chi connectivity index (χ0v) is 13.2. The average molecular weight is 328 g/mol. The molecule has 0 atom stereocenters. The fourth-order valence-electron chi connectivity index (χ4n) is 2.38. The summed E-state index contributed by atoms with van der Waals surface area (Å²) in [7, 11) is 2.95. The molecule has 3 rings (SSSR count). The van der Waals surface area contributed by atoms with E-state index in [1.807, 2.05) is 24.3 Å². The summed E-state index contributed by atoms with van der Waals surface area (Å²) < 4.78 is 15.9. The van der Waals surface area contributed by atoms with Crippen molar-refractivity contribution in [3.8, 4) is 28.6 Å². The first-order valence-electron chi connectivity index (χ1n) is 7.18. The van der Waals surface area contributed by atoms with Gasteiger partial charge in [0.15, 0.2) is 18.1 Å². The smallest absolute Gasteiger partial charge is 0.341 e. The van der Waals surface area contributed by atoms with Crippen molar-refractivity contribution in [2.24, 2.45) is 0 Å². The minimum absolute atomic E-state index is 0.238. The van der Waals surface area contributed by atoms with E-state index < -0.39 is 12.6 Å². The van der Waals surface area contributed by atoms with E-state index in [9.17, 15) is 4.79 Å². The maximum atomic E-state index is 10.7. The molecule has 0 saturated carbocycles. The molecule has 0 spiro atoms. The van der Waals surface area contributed by atoms with Gasteiger partial charge < -0.3 is 24.3 Å². The summed E-state index contributed by atoms with van der Waals surface area (Å²) in [4.78, 5) is 18.5. The van der Waals surface area contributed by atoms with Crippen LogP contribution in [0, 0.1) is 0 Å². The standard InChI is InChI=1S/C17H16N2O5/c1-22-13-7-10(8-14(23-2)16(13)24-9-15(20)21)17-18-11-5-3-4-6-12(11)19-17/h3-8H,9H2,1-2H3,(H,18,19)(H,20,21). The lowest BCUT2D eigenvalue weighted by Gasteiger charge is -2.14. The van der Waals surface area contributed by atoms with Crippen LogP contribution in [0.2, 0.25) is 0 Å². The molecule has 24 heavy (non-hydrogen) atoms. The number of aromatic nitrogens is 2. The van der Waals surface area contributed by atoms with Crippen molar-refractivity contribution in [1.29, 1.82) is 0 Å². The van der Waals surface area contributed by atoms with Gasteiger partial charge >= 0.3 is 5.97 Å². The molecule has 7 heteroatoms. The van der Waals surface area contributed by atoms with E-state index in [0.29, 0.717) is 17.3 Å². The van der Waals surface area contributed by atoms with Gasteiger partial charge in [0.2, 0.25) is 5.75 Å². The molecule has 0 aliphatic carbocycles. The Labute approximate surface area is 137 Å². The van der Waals surface area contributed by atoms with Gasteiger partial charge in [-0.2, -0.15) is 0 Å². The fraction of sp³-hybridized carbons (Fsp3) is 0.176. The number of aliphatic carboxylic acids is 1. The summed E-state index contributed by atoms with van der Waals surface area (Å²) in [6.07, 6.45) is 0. The molecule has 0 radical (unpaired) electrons. The molecule has 0 amide bonds. The molecule has 3 aromatic rings. The highest BCUT2D eigenvalue weighted by Gasteiger charge is 2.17. The number of nitrogens with one attached hydrogen (secondary N) is 1. The van der Waals surface area contributed by atoms with Gasteiger partial charge in [-0.15, -0.1) is 0 Å². The van der Waals surface area contributed by atoms with E-state index >= 15 is 0 Å². The Balaban J connectivity index is 2.06. The lowest BCUT2D eigenvalue weighted by Crippen LogP contribution is -2.11. The number of ether oxygens (including phenoxy) is 3. The predicted molar refractivity (Wildman–Crippen MR) is 87.8 cm³/mol. The molecule has 0 unspecified atom stereocenters. The Morgan fingerprint density at radius 2 is 1.83 bits per heavy atom. The number of hydrogen-bond donors (Lipinski definition) is 2. The Kier molecular flexibility index (Phi) is 4.24. The minimum Gasteiger partial charge on any atom is -0.493 e. The third-order valence-corrected chi connectivity index (χ3v) is 3.46. The van der Waals surface area contributed by atoms with Crippen molar-refractivity contribution in [2.45, 2.75) is 0 Å². The van der Waals surface area contributed by atoms with Crippen molar-refractivity contribution in [1.82, 2.24) is 9.97 Å². The van der Waals surface area contributed by atoms with Crippen LogP contribution in [0.5, 0.6) is 17.2 Å². The second-order valence-electron chi connectivity index (χ2n) is 4.99. The van der Waals surface area contributed by atoms with Gasteiger partial charge in [0.25, 0.3) is 0 Å². The van der Waals surface area contributed by atoms with Crippen LogP contribution in [0.25, 0.3) is 22.4 Å². The summed E-state index contributed by atoms with van der Waals surface area (Å²) in [6.45, 7) is -0.489. The van der Waals surface area contributed by atoms with Crippen LogP contribution >= 0.6 is 0 Å². The topological polar surface area (TPSA) is 93.7 Å². The molecule has 7 nitrogen and oxygen atoms in total. The SMILES string of the molecule is COc1cc(-c2nc3ccccc3[nH]2)cc(OC)c1OCC(=O)O. The number of carbonyl (C=O) groups is 1. The first-order valence-corrected chi connectivity index (χ1v) is 7.18. The van der Waals surface area contributed by atoms with E-state index in [2.05, 4.69) is 9.97 Å². The number of benzene rings is 2. The number of fused-ring (bicyclic) bond motifs is 1. The summed E-state index contributed by atoms with van der Waals surface area (Å²) in [5.41, 5.74) is 2.50. The first-order chi connectivity index (χ1) is 11.6. The number of imidazole rings is 1. The van der Waals surface area contributed by atoms with Crippen LogP contribution in [0.1, 0.15) is 0 Å². The Bertz CT molecular complexity index is 830. The van der Waals surface area contributed by atoms with Gasteiger partial charge in [-0.25, -0.2) is 9.78 Å². The Hall–Kier alpha value is -3.22. The van der Waals surface area contributed by atoms with Crippen LogP contribution in [-0.2, 0) is 4.79 Å². The lowest BCUT2D eigenvalue weighted by molar-refractivity contribution is -0.139. The van der Waals surface area contributed by atoms with Crippen LogP contribution in [0.3, 0.4) is 0 Å². The summed E-state index contributed by atoms with van der Waals surface area (Å²) in [6, 6.07) is 11.1. The van der Waals surface area contributed by atoms with Crippen molar-refractivity contribution < 1.29 is 24.1 Å². The summed E-state index contributed by atoms with van der Waals surface area (Å²) in [5, 5.41) is 8.79. The van der Waals surface area contributed by atoms with Gasteiger partial charge in [0, 0.05) is 5.56 Å². The van der Waals surface area contributed by atoms with Crippen molar-refractivity contribution in [3.05, 3.63) is 36.4 Å². The van der Waals surface area contributed by atoms with Crippen LogP contribution in [0.4, 0.5) is 0 Å². The zero-order chi connectivity index (χ0) is 17.1. The number of carboxylic acids is 1. The number of para-hydroxylation sites is 2. The number of methoxy groups -OCH3 is 2. The maximum Gasteiger partial charge on any atom is 0.341 e. The number of aromatic amines is 1. The molecular formula is C17H16N2O5. The third-order valence-electron chi connectivity index (χ3n) is 3.46. The highest BCUT2D eigenvalue weighted by Crippen LogP contribution is 2.41. The monoisotopic (exact) mass is 328 g/mol. The molecule has 1 heterocycles. The molecule has 2 N–H and O–H groups in total. The molecule has 0 aliphatic heterocycles. The molecule has 0 saturated heterocycles. The largest absolute Gasteiger partial charge is 0.493 e. The second kappa shape index (κ2) is 6.49. The van der Waals surface area contributed by atoms with Gasteiger partial charge in [-0.1, -0.05) is 12.1 Å². The zero-order valence-electron chi connectivity index (χ0n) is 13.2. The quantitative estimate of drug-likeness (QED) is 0.722. The predicted octanol–water partition coefficient (Wildman–Crippen LogP) is 2.71. The van der Waals surface area contributed by atoms with E-state index in [1.165, 1.54) is 14.2 Å². The first kappa shape index (κ1) is 15.7. The molecule has 0 bridgehead atoms. The molecule has 0 fully saturated rings. The number of rotatable bonds is 6. The van der Waals surface area contributed by atoms with Crippen molar-refractivity contribution in [3.63, 3.8) is 0 Å². The van der Waals surface area contributed by atoms with E-state index in [1.54, 1.807) is 12.1 Å². The van der Waals surface area contributed by atoms with Crippen LogP contribution < -0.4 is 14.2 Å². The number of carboxylic acid groups (broad SMARTS) is 1. The molecule has 0 aliphatic rings. The van der Waals surface area contributed by atoms with Crippen LogP contribution in [-0.4, -0.2) is 41.9 Å². The highest BCUT2D eigenvalue weighted by atomic mass is 16.5. The van der Waals surface area contributed by atoms with E-state index in [4.69, 9.17) is 19.3 Å². The third kappa shape index (κ3) is 2.96. The summed E-state index contributed by atoms with van der Waals surface area (Å²) in [5.74, 6) is 0.539. The minimum atomic E-state index is -1.08. The maximum absolute atomic E-state index is 10.7. The van der Waals surface area contributed by atoms with Gasteiger partial charge in [0.1, 0.15) is 5.82 Å². The molecular weight excluding hydrogens is 312 g/mol. The lowest BCUT2D eigenvalue weighted by atomic mass is 10.1. The van der Waals surface area contributed by atoms with Crippen molar-refractivity contribution >= 4 is 17.0 Å². The van der Waals surface area contributed by atoms with E-state index in [0.717, 1.165) is 16.6 Å². The van der Waals surface area contributed by atoms with Crippen LogP contribution in [0.15, 0.2) is 36.4 Å². The van der Waals surface area contributed by atoms with E-state index in [-0.39, 0.29) is 5.75 Å². The number of H-pyrrole nitrogens is 1.